The first kappa shape index (κ1) is 24.0. The van der Waals surface area contributed by atoms with Gasteiger partial charge in [-0.05, 0) is 55.4 Å². The van der Waals surface area contributed by atoms with E-state index in [-0.39, 0.29) is 0 Å². The van der Waals surface area contributed by atoms with Gasteiger partial charge >= 0.3 is 0 Å². The van der Waals surface area contributed by atoms with E-state index in [2.05, 4.69) is 127 Å². The molecule has 2 rings (SSSR count). The molecule has 29 heavy (non-hydrogen) atoms. The third-order valence-corrected chi connectivity index (χ3v) is 17.5. The molecule has 0 saturated carbocycles. The van der Waals surface area contributed by atoms with Gasteiger partial charge in [0.15, 0.2) is 7.10 Å². The lowest BCUT2D eigenvalue weighted by Crippen LogP contribution is -2.36. The summed E-state index contributed by atoms with van der Waals surface area (Å²) in [5.74, 6) is 0. The fourth-order valence-corrected chi connectivity index (χ4v) is 15.3. The van der Waals surface area contributed by atoms with Crippen LogP contribution in [0.2, 0.25) is 0 Å². The van der Waals surface area contributed by atoms with E-state index < -0.39 is 14.7 Å². The van der Waals surface area contributed by atoms with Crippen LogP contribution in [0.5, 0.6) is 0 Å². The Balaban J connectivity index is 2.72. The van der Waals surface area contributed by atoms with Gasteiger partial charge in [0.05, 0.1) is 11.3 Å². The number of rotatable bonds is 9. The Morgan fingerprint density at radius 1 is 0.690 bits per heavy atom. The molecule has 0 radical (unpaired) electrons. The number of benzene rings is 2. The fraction of sp³-hybridized carbons (Fsp3) is 0.480. The molecule has 2 aromatic carbocycles. The Labute approximate surface area is 180 Å². The second kappa shape index (κ2) is 10.7. The van der Waals surface area contributed by atoms with Crippen molar-refractivity contribution < 1.29 is 0 Å². The van der Waals surface area contributed by atoms with Crippen LogP contribution in [-0.4, -0.2) is 34.6 Å². The number of hydrogen-bond acceptors (Lipinski definition) is 1. The Hall–Kier alpha value is -1.23. The Kier molecular flexibility index (Phi) is 8.87. The highest BCUT2D eigenvalue weighted by atomic mass is 32.1. The molecular formula is C25H39N2P2+. The summed E-state index contributed by atoms with van der Waals surface area (Å²) in [6.07, 6.45) is 2.20. The summed E-state index contributed by atoms with van der Waals surface area (Å²) in [6.45, 7) is 18.6. The summed E-state index contributed by atoms with van der Waals surface area (Å²) in [5, 5.41) is 2.89. The fourth-order valence-electron chi connectivity index (χ4n) is 4.04. The Morgan fingerprint density at radius 3 is 1.38 bits per heavy atom. The van der Waals surface area contributed by atoms with Gasteiger partial charge in [-0.3, -0.25) is 0 Å². The van der Waals surface area contributed by atoms with Crippen molar-refractivity contribution >= 4 is 31.7 Å². The molecule has 2 nitrogen and oxygen atoms in total. The third-order valence-electron chi connectivity index (χ3n) is 5.40. The molecule has 158 valence electrons. The van der Waals surface area contributed by atoms with Crippen LogP contribution < -0.4 is 10.6 Å². The minimum atomic E-state index is -1.73. The van der Waals surface area contributed by atoms with E-state index >= 15 is 0 Å². The van der Waals surface area contributed by atoms with Crippen LogP contribution in [0.25, 0.3) is 0 Å². The molecular weight excluding hydrogens is 390 g/mol. The lowest BCUT2D eigenvalue weighted by molar-refractivity contribution is 0.302. The lowest BCUT2D eigenvalue weighted by atomic mass is 10.2. The highest BCUT2D eigenvalue weighted by Gasteiger charge is 2.54. The molecule has 0 heterocycles. The van der Waals surface area contributed by atoms with Gasteiger partial charge in [0, 0.05) is 22.7 Å². The number of hydrogen-bond donors (Lipinski definition) is 0. The van der Waals surface area contributed by atoms with Crippen LogP contribution in [0.3, 0.4) is 0 Å². The van der Waals surface area contributed by atoms with Crippen molar-refractivity contribution in [3.8, 4) is 0 Å². The SMILES string of the molecule is CC(C)N(/C=N/[P+](C(C)C)(C(C)C)P(c1ccccc1)c1ccccc1)C(C)C. The smallest absolute Gasteiger partial charge is 0.166 e. The molecule has 0 unspecified atom stereocenters. The zero-order valence-electron chi connectivity index (χ0n) is 19.4. The van der Waals surface area contributed by atoms with E-state index in [9.17, 15) is 0 Å². The first-order chi connectivity index (χ1) is 13.7. The molecule has 2 aromatic rings. The van der Waals surface area contributed by atoms with Gasteiger partial charge in [-0.15, -0.1) is 4.76 Å². The molecule has 0 bridgehead atoms. The van der Waals surface area contributed by atoms with Crippen molar-refractivity contribution in [2.45, 2.75) is 78.8 Å². The predicted molar refractivity (Wildman–Crippen MR) is 137 cm³/mol. The third kappa shape index (κ3) is 5.48. The van der Waals surface area contributed by atoms with E-state index in [0.29, 0.717) is 23.4 Å². The summed E-state index contributed by atoms with van der Waals surface area (Å²) in [6, 6.07) is 23.1. The normalized spacial score (nSPS) is 12.9. The van der Waals surface area contributed by atoms with Gasteiger partial charge in [-0.2, -0.15) is 0 Å². The number of nitrogens with zero attached hydrogens (tertiary/aromatic N) is 2. The maximum Gasteiger partial charge on any atom is 0.166 e. The van der Waals surface area contributed by atoms with Crippen LogP contribution in [0, 0.1) is 0 Å². The van der Waals surface area contributed by atoms with E-state index in [1.807, 2.05) is 0 Å². The minimum Gasteiger partial charge on any atom is -0.355 e. The van der Waals surface area contributed by atoms with Crippen LogP contribution in [0.4, 0.5) is 0 Å². The first-order valence-electron chi connectivity index (χ1n) is 10.8. The lowest BCUT2D eigenvalue weighted by Gasteiger charge is -2.37. The molecule has 0 fully saturated rings. The summed E-state index contributed by atoms with van der Waals surface area (Å²) >= 11 is 0. The van der Waals surface area contributed by atoms with Crippen molar-refractivity contribution in [2.75, 3.05) is 0 Å². The second-order valence-electron chi connectivity index (χ2n) is 8.74. The topological polar surface area (TPSA) is 15.6 Å². The van der Waals surface area contributed by atoms with Gasteiger partial charge < -0.3 is 4.90 Å². The zero-order valence-corrected chi connectivity index (χ0v) is 21.2. The van der Waals surface area contributed by atoms with Crippen LogP contribution in [0.1, 0.15) is 55.4 Å². The van der Waals surface area contributed by atoms with Gasteiger partial charge in [0.1, 0.15) is 13.9 Å². The van der Waals surface area contributed by atoms with Gasteiger partial charge in [0.25, 0.3) is 0 Å². The second-order valence-corrected chi connectivity index (χ2v) is 17.2. The molecule has 0 saturated heterocycles. The van der Waals surface area contributed by atoms with Crippen LogP contribution in [-0.2, 0) is 0 Å². The van der Waals surface area contributed by atoms with E-state index in [4.69, 9.17) is 4.76 Å². The Morgan fingerprint density at radius 2 is 1.07 bits per heavy atom. The maximum atomic E-state index is 5.59. The van der Waals surface area contributed by atoms with Gasteiger partial charge in [-0.25, -0.2) is 0 Å². The molecule has 0 aromatic heterocycles. The highest BCUT2D eigenvalue weighted by Crippen LogP contribution is 2.88. The molecule has 0 aliphatic carbocycles. The monoisotopic (exact) mass is 429 g/mol. The first-order valence-corrected chi connectivity index (χ1v) is 14.8. The Bertz CT molecular complexity index is 699. The van der Waals surface area contributed by atoms with E-state index in [1.54, 1.807) is 0 Å². The predicted octanol–water partition coefficient (Wildman–Crippen LogP) is 6.93. The van der Waals surface area contributed by atoms with Gasteiger partial charge in [0.2, 0.25) is 0 Å². The molecule has 0 amide bonds. The standard InChI is InChI=1S/C25H39N2P2/c1-20(2)27(21(3)4)19-26-29(22(5)6,23(7)8)28(24-15-11-9-12-16-24)25-17-13-10-14-18-25/h9-23H,1-8H3/q+1/b26-19+. The largest absolute Gasteiger partial charge is 0.355 e. The molecule has 0 N–H and O–H groups in total. The van der Waals surface area contributed by atoms with E-state index in [1.165, 1.54) is 10.6 Å². The molecule has 0 aliphatic rings. The molecule has 0 atom stereocenters. The van der Waals surface area contributed by atoms with Crippen LogP contribution >= 0.6 is 14.7 Å². The van der Waals surface area contributed by atoms with Crippen LogP contribution in [0.15, 0.2) is 65.4 Å². The van der Waals surface area contributed by atoms with Crippen molar-refractivity contribution in [3.05, 3.63) is 60.7 Å². The van der Waals surface area contributed by atoms with Crippen molar-refractivity contribution in [2.24, 2.45) is 4.76 Å². The van der Waals surface area contributed by atoms with Crippen molar-refractivity contribution in [1.82, 2.24) is 4.90 Å². The van der Waals surface area contributed by atoms with Gasteiger partial charge in [-0.1, -0.05) is 60.7 Å². The maximum absolute atomic E-state index is 5.59. The van der Waals surface area contributed by atoms with Crippen molar-refractivity contribution in [3.63, 3.8) is 0 Å². The molecule has 0 aliphatic heterocycles. The summed E-state index contributed by atoms with van der Waals surface area (Å²) in [4.78, 5) is 2.41. The quantitative estimate of drug-likeness (QED) is 0.240. The minimum absolute atomic E-state index is 0.444. The summed E-state index contributed by atoms with van der Waals surface area (Å²) < 4.78 is 5.59. The van der Waals surface area contributed by atoms with Crippen molar-refractivity contribution in [1.29, 1.82) is 0 Å². The summed E-state index contributed by atoms with van der Waals surface area (Å²) in [5.41, 5.74) is 1.04. The zero-order chi connectivity index (χ0) is 21.6. The van der Waals surface area contributed by atoms with E-state index in [0.717, 1.165) is 0 Å². The average Bonchev–Trinajstić information content (AvgIpc) is 2.67. The molecule has 4 heteroatoms. The summed E-state index contributed by atoms with van der Waals surface area (Å²) in [7, 11) is -2.29. The average molecular weight is 430 g/mol. The highest BCUT2D eigenvalue weighted by molar-refractivity contribution is 8.44. The molecule has 0 spiro atoms.